The Balaban J connectivity index is 1.71. The van der Waals surface area contributed by atoms with E-state index < -0.39 is 17.8 Å². The number of anilines is 4. The molecule has 3 heterocycles. The van der Waals surface area contributed by atoms with E-state index in [0.717, 1.165) is 12.1 Å². The van der Waals surface area contributed by atoms with Crippen molar-refractivity contribution in [3.8, 4) is 16.9 Å². The molecule has 0 fully saturated rings. The first-order valence-corrected chi connectivity index (χ1v) is 9.67. The minimum absolute atomic E-state index is 0.0938. The Bertz CT molecular complexity index is 1320. The standard InChI is InChI=1S/C21H17F3N8O2/c1-32-11-15(8-28-32)30-20-27-10-17(12-2-4-13(5-3-12)21(22,23)24)18(31-20)29-14-6-16(9-26-7-14)34-19(25)33/h2-11H,1H3,(H2,25,33)(H2,27,29,30,31). The summed E-state index contributed by atoms with van der Waals surface area (Å²) in [5.74, 6) is 0.569. The number of carbonyl (C=O) groups excluding carboxylic acids is 1. The van der Waals surface area contributed by atoms with Crippen LogP contribution in [0.3, 0.4) is 0 Å². The van der Waals surface area contributed by atoms with Gasteiger partial charge in [-0.3, -0.25) is 9.67 Å². The Kier molecular flexibility index (Phi) is 5.99. The number of aryl methyl sites for hydroxylation is 1. The number of ether oxygens (including phenoxy) is 1. The first-order valence-electron chi connectivity index (χ1n) is 9.67. The molecular weight excluding hydrogens is 453 g/mol. The second kappa shape index (κ2) is 9.05. The fraction of sp³-hybridized carbons (Fsp3) is 0.0952. The van der Waals surface area contributed by atoms with Gasteiger partial charge in [-0.05, 0) is 17.7 Å². The molecule has 13 heteroatoms. The Morgan fingerprint density at radius 2 is 1.82 bits per heavy atom. The van der Waals surface area contributed by atoms with Crippen LogP contribution < -0.4 is 21.1 Å². The highest BCUT2D eigenvalue weighted by molar-refractivity contribution is 5.79. The quantitative estimate of drug-likeness (QED) is 0.381. The fourth-order valence-electron chi connectivity index (χ4n) is 3.00. The summed E-state index contributed by atoms with van der Waals surface area (Å²) >= 11 is 0. The van der Waals surface area contributed by atoms with Gasteiger partial charge in [-0.15, -0.1) is 0 Å². The van der Waals surface area contributed by atoms with Crippen LogP contribution in [0.2, 0.25) is 0 Å². The van der Waals surface area contributed by atoms with Crippen LogP contribution in [0.5, 0.6) is 5.75 Å². The van der Waals surface area contributed by atoms with Crippen LogP contribution in [-0.4, -0.2) is 30.8 Å². The molecule has 1 aromatic carbocycles. The summed E-state index contributed by atoms with van der Waals surface area (Å²) in [7, 11) is 1.75. The molecule has 0 aliphatic heterocycles. The maximum atomic E-state index is 13.0. The summed E-state index contributed by atoms with van der Waals surface area (Å²) in [6, 6.07) is 6.07. The molecule has 0 atom stereocenters. The van der Waals surface area contributed by atoms with Crippen molar-refractivity contribution in [1.82, 2.24) is 24.7 Å². The van der Waals surface area contributed by atoms with Gasteiger partial charge in [0.05, 0.1) is 35.5 Å². The largest absolute Gasteiger partial charge is 0.416 e. The summed E-state index contributed by atoms with van der Waals surface area (Å²) in [6.45, 7) is 0. The van der Waals surface area contributed by atoms with E-state index in [-0.39, 0.29) is 17.5 Å². The van der Waals surface area contributed by atoms with Gasteiger partial charge in [0.15, 0.2) is 5.75 Å². The topological polar surface area (TPSA) is 133 Å². The average Bonchev–Trinajstić information content (AvgIpc) is 3.18. The molecule has 0 bridgehead atoms. The molecule has 0 saturated heterocycles. The van der Waals surface area contributed by atoms with Gasteiger partial charge in [0.1, 0.15) is 5.82 Å². The number of hydrogen-bond donors (Lipinski definition) is 3. The lowest BCUT2D eigenvalue weighted by Gasteiger charge is -2.14. The molecule has 3 aromatic heterocycles. The Labute approximate surface area is 190 Å². The van der Waals surface area contributed by atoms with Gasteiger partial charge in [0.2, 0.25) is 5.95 Å². The zero-order valence-corrected chi connectivity index (χ0v) is 17.5. The molecule has 0 unspecified atom stereocenters. The van der Waals surface area contributed by atoms with Crippen LogP contribution in [0.4, 0.5) is 41.1 Å². The van der Waals surface area contributed by atoms with Gasteiger partial charge in [-0.25, -0.2) is 9.78 Å². The summed E-state index contributed by atoms with van der Waals surface area (Å²) in [5, 5.41) is 10.1. The lowest BCUT2D eigenvalue weighted by Crippen LogP contribution is -2.16. The summed E-state index contributed by atoms with van der Waals surface area (Å²) < 4.78 is 45.3. The number of benzene rings is 1. The molecule has 174 valence electrons. The number of pyridine rings is 1. The van der Waals surface area contributed by atoms with Crippen molar-refractivity contribution in [2.45, 2.75) is 6.18 Å². The molecular formula is C21H17F3N8O2. The van der Waals surface area contributed by atoms with Gasteiger partial charge in [-0.2, -0.15) is 23.3 Å². The number of nitrogens with two attached hydrogens (primary N) is 1. The maximum absolute atomic E-state index is 13.0. The fourth-order valence-corrected chi connectivity index (χ4v) is 3.00. The molecule has 0 aliphatic rings. The van der Waals surface area contributed by atoms with E-state index in [1.165, 1.54) is 36.8 Å². The number of amides is 1. The Morgan fingerprint density at radius 3 is 2.47 bits per heavy atom. The van der Waals surface area contributed by atoms with Crippen LogP contribution in [0.25, 0.3) is 11.1 Å². The lowest BCUT2D eigenvalue weighted by atomic mass is 10.1. The third-order valence-corrected chi connectivity index (χ3v) is 4.47. The van der Waals surface area contributed by atoms with Gasteiger partial charge < -0.3 is 21.1 Å². The molecule has 1 amide bonds. The van der Waals surface area contributed by atoms with Crippen LogP contribution in [0, 0.1) is 0 Å². The first kappa shape index (κ1) is 22.5. The second-order valence-electron chi connectivity index (χ2n) is 7.01. The second-order valence-corrected chi connectivity index (χ2v) is 7.01. The molecule has 10 nitrogen and oxygen atoms in total. The molecule has 0 spiro atoms. The number of halogens is 3. The van der Waals surface area contributed by atoms with Crippen LogP contribution in [0.15, 0.2) is 61.3 Å². The smallest absolute Gasteiger partial charge is 0.409 e. The Hall–Kier alpha value is -4.68. The summed E-state index contributed by atoms with van der Waals surface area (Å²) in [5.41, 5.74) is 6.15. The summed E-state index contributed by atoms with van der Waals surface area (Å²) in [4.78, 5) is 23.7. The normalized spacial score (nSPS) is 11.2. The van der Waals surface area contributed by atoms with E-state index in [9.17, 15) is 18.0 Å². The van der Waals surface area contributed by atoms with E-state index in [0.29, 0.717) is 22.5 Å². The molecule has 4 aromatic rings. The number of primary amides is 1. The van der Waals surface area contributed by atoms with Crippen molar-refractivity contribution in [3.05, 3.63) is 66.9 Å². The molecule has 4 N–H and O–H groups in total. The van der Waals surface area contributed by atoms with Gasteiger partial charge in [-0.1, -0.05) is 12.1 Å². The zero-order valence-electron chi connectivity index (χ0n) is 17.5. The Morgan fingerprint density at radius 1 is 1.06 bits per heavy atom. The maximum Gasteiger partial charge on any atom is 0.416 e. The highest BCUT2D eigenvalue weighted by Gasteiger charge is 2.30. The molecule has 4 rings (SSSR count). The van der Waals surface area contributed by atoms with Gasteiger partial charge >= 0.3 is 12.3 Å². The average molecular weight is 470 g/mol. The SMILES string of the molecule is Cn1cc(Nc2ncc(-c3ccc(C(F)(F)F)cc3)c(Nc3cncc(OC(N)=O)c3)n2)cn1. The van der Waals surface area contributed by atoms with E-state index in [2.05, 4.69) is 30.7 Å². The third kappa shape index (κ3) is 5.38. The molecule has 0 aliphatic carbocycles. The molecule has 34 heavy (non-hydrogen) atoms. The first-order chi connectivity index (χ1) is 16.2. The number of nitrogens with one attached hydrogen (secondary N) is 2. The third-order valence-electron chi connectivity index (χ3n) is 4.47. The number of carbonyl (C=O) groups is 1. The lowest BCUT2D eigenvalue weighted by molar-refractivity contribution is -0.137. The monoisotopic (exact) mass is 470 g/mol. The van der Waals surface area contributed by atoms with Crippen LogP contribution in [0.1, 0.15) is 5.56 Å². The van der Waals surface area contributed by atoms with Crippen molar-refractivity contribution in [3.63, 3.8) is 0 Å². The minimum Gasteiger partial charge on any atom is -0.409 e. The van der Waals surface area contributed by atoms with Crippen molar-refractivity contribution in [2.75, 3.05) is 10.6 Å². The van der Waals surface area contributed by atoms with Crippen molar-refractivity contribution >= 4 is 29.2 Å². The van der Waals surface area contributed by atoms with Crippen LogP contribution >= 0.6 is 0 Å². The van der Waals surface area contributed by atoms with Gasteiger partial charge in [0.25, 0.3) is 0 Å². The summed E-state index contributed by atoms with van der Waals surface area (Å²) in [6.07, 6.45) is 2.04. The number of nitrogens with zero attached hydrogens (tertiary/aromatic N) is 5. The molecule has 0 saturated carbocycles. The van der Waals surface area contributed by atoms with Gasteiger partial charge in [0, 0.05) is 31.1 Å². The van der Waals surface area contributed by atoms with E-state index in [1.807, 2.05) is 0 Å². The van der Waals surface area contributed by atoms with E-state index in [4.69, 9.17) is 10.5 Å². The minimum atomic E-state index is -4.46. The highest BCUT2D eigenvalue weighted by Crippen LogP contribution is 2.34. The van der Waals surface area contributed by atoms with Crippen molar-refractivity contribution in [1.29, 1.82) is 0 Å². The van der Waals surface area contributed by atoms with Crippen LogP contribution in [-0.2, 0) is 13.2 Å². The predicted octanol–water partition coefficient (Wildman–Crippen LogP) is 4.24. The van der Waals surface area contributed by atoms with Crippen molar-refractivity contribution < 1.29 is 22.7 Å². The number of hydrogen-bond acceptors (Lipinski definition) is 8. The van der Waals surface area contributed by atoms with E-state index >= 15 is 0 Å². The zero-order chi connectivity index (χ0) is 24.3. The number of aromatic nitrogens is 5. The highest BCUT2D eigenvalue weighted by atomic mass is 19.4. The number of rotatable bonds is 6. The predicted molar refractivity (Wildman–Crippen MR) is 117 cm³/mol. The van der Waals surface area contributed by atoms with E-state index in [1.54, 1.807) is 24.1 Å². The van der Waals surface area contributed by atoms with Crippen molar-refractivity contribution in [2.24, 2.45) is 12.8 Å². The number of alkyl halides is 3. The molecule has 0 radical (unpaired) electrons.